The Kier molecular flexibility index (Phi) is 7.82. The SMILES string of the molecule is CCOC(=O)c1ccc(C(=O)N2CCN(C(C(=O)OC)c3ccccc3Cl)CC2)nc1C. The smallest absolute Gasteiger partial charge is 0.339 e. The van der Waals surface area contributed by atoms with Crippen molar-refractivity contribution < 1.29 is 23.9 Å². The fraction of sp³-hybridized carbons (Fsp3) is 0.391. The van der Waals surface area contributed by atoms with Crippen molar-refractivity contribution in [1.82, 2.24) is 14.8 Å². The van der Waals surface area contributed by atoms with Crippen LogP contribution < -0.4 is 0 Å². The Balaban J connectivity index is 1.71. The third kappa shape index (κ3) is 5.08. The number of pyridine rings is 1. The van der Waals surface area contributed by atoms with Crippen LogP contribution >= 0.6 is 11.6 Å². The summed E-state index contributed by atoms with van der Waals surface area (Å²) < 4.78 is 10.0. The lowest BCUT2D eigenvalue weighted by Gasteiger charge is -2.38. The third-order valence-electron chi connectivity index (χ3n) is 5.39. The average Bonchev–Trinajstić information content (AvgIpc) is 2.80. The summed E-state index contributed by atoms with van der Waals surface area (Å²) in [4.78, 5) is 45.4. The van der Waals surface area contributed by atoms with Crippen molar-refractivity contribution in [2.75, 3.05) is 39.9 Å². The summed E-state index contributed by atoms with van der Waals surface area (Å²) in [6.07, 6.45) is 0. The quantitative estimate of drug-likeness (QED) is 0.613. The zero-order chi connectivity index (χ0) is 23.3. The number of hydrogen-bond acceptors (Lipinski definition) is 7. The molecule has 1 unspecified atom stereocenters. The van der Waals surface area contributed by atoms with Crippen molar-refractivity contribution in [1.29, 1.82) is 0 Å². The van der Waals surface area contributed by atoms with E-state index in [9.17, 15) is 14.4 Å². The molecule has 2 aromatic rings. The van der Waals surface area contributed by atoms with Crippen LogP contribution in [0.2, 0.25) is 5.02 Å². The number of piperazine rings is 1. The van der Waals surface area contributed by atoms with E-state index in [1.807, 2.05) is 11.0 Å². The predicted molar refractivity (Wildman–Crippen MR) is 119 cm³/mol. The summed E-state index contributed by atoms with van der Waals surface area (Å²) in [7, 11) is 1.35. The summed E-state index contributed by atoms with van der Waals surface area (Å²) in [6, 6.07) is 9.63. The first-order chi connectivity index (χ1) is 15.4. The van der Waals surface area contributed by atoms with Gasteiger partial charge in [-0.2, -0.15) is 0 Å². The maximum Gasteiger partial charge on any atom is 0.339 e. The van der Waals surface area contributed by atoms with Crippen LogP contribution in [-0.4, -0.2) is 72.5 Å². The minimum Gasteiger partial charge on any atom is -0.468 e. The van der Waals surface area contributed by atoms with Crippen molar-refractivity contribution >= 4 is 29.4 Å². The molecule has 0 saturated carbocycles. The second-order valence-corrected chi connectivity index (χ2v) is 7.73. The van der Waals surface area contributed by atoms with Crippen molar-refractivity contribution in [2.45, 2.75) is 19.9 Å². The summed E-state index contributed by atoms with van der Waals surface area (Å²) in [5.41, 5.74) is 1.72. The van der Waals surface area contributed by atoms with E-state index in [0.29, 0.717) is 48.0 Å². The van der Waals surface area contributed by atoms with Gasteiger partial charge in [0.15, 0.2) is 0 Å². The molecule has 32 heavy (non-hydrogen) atoms. The molecule has 170 valence electrons. The molecule has 1 amide bonds. The van der Waals surface area contributed by atoms with E-state index in [2.05, 4.69) is 4.98 Å². The largest absolute Gasteiger partial charge is 0.468 e. The lowest BCUT2D eigenvalue weighted by atomic mass is 10.0. The molecule has 0 N–H and O–H groups in total. The first-order valence-electron chi connectivity index (χ1n) is 10.4. The normalized spacial score (nSPS) is 15.2. The van der Waals surface area contributed by atoms with Gasteiger partial charge in [0.2, 0.25) is 0 Å². The summed E-state index contributed by atoms with van der Waals surface area (Å²) >= 11 is 6.33. The van der Waals surface area contributed by atoms with E-state index >= 15 is 0 Å². The molecule has 0 aliphatic carbocycles. The molecule has 1 aromatic heterocycles. The van der Waals surface area contributed by atoms with Gasteiger partial charge in [-0.15, -0.1) is 0 Å². The number of methoxy groups -OCH3 is 1. The fourth-order valence-electron chi connectivity index (χ4n) is 3.73. The Morgan fingerprint density at radius 2 is 1.78 bits per heavy atom. The number of amides is 1. The van der Waals surface area contributed by atoms with Crippen LogP contribution in [-0.2, 0) is 14.3 Å². The Bertz CT molecular complexity index is 1000. The topological polar surface area (TPSA) is 89.0 Å². The Morgan fingerprint density at radius 1 is 1.09 bits per heavy atom. The van der Waals surface area contributed by atoms with Crippen LogP contribution in [0.15, 0.2) is 36.4 Å². The van der Waals surface area contributed by atoms with Gasteiger partial charge < -0.3 is 14.4 Å². The van der Waals surface area contributed by atoms with E-state index < -0.39 is 18.0 Å². The van der Waals surface area contributed by atoms with Gasteiger partial charge in [-0.3, -0.25) is 9.69 Å². The minimum atomic E-state index is -0.643. The molecule has 0 bridgehead atoms. The number of rotatable bonds is 6. The summed E-state index contributed by atoms with van der Waals surface area (Å²) in [5, 5.41) is 0.489. The second-order valence-electron chi connectivity index (χ2n) is 7.33. The van der Waals surface area contributed by atoms with Crippen molar-refractivity contribution in [3.63, 3.8) is 0 Å². The number of hydrogen-bond donors (Lipinski definition) is 0. The molecule has 8 nitrogen and oxygen atoms in total. The monoisotopic (exact) mass is 459 g/mol. The van der Waals surface area contributed by atoms with Crippen LogP contribution in [0.25, 0.3) is 0 Å². The minimum absolute atomic E-state index is 0.226. The van der Waals surface area contributed by atoms with E-state index in [0.717, 1.165) is 0 Å². The molecule has 1 saturated heterocycles. The molecular weight excluding hydrogens is 434 g/mol. The molecule has 3 rings (SSSR count). The van der Waals surface area contributed by atoms with E-state index in [-0.39, 0.29) is 18.2 Å². The van der Waals surface area contributed by atoms with Gasteiger partial charge in [0.05, 0.1) is 25.0 Å². The first kappa shape index (κ1) is 23.7. The van der Waals surface area contributed by atoms with Crippen molar-refractivity contribution in [3.8, 4) is 0 Å². The van der Waals surface area contributed by atoms with Gasteiger partial charge in [0.25, 0.3) is 5.91 Å². The molecular formula is C23H26ClN3O5. The molecule has 0 spiro atoms. The number of nitrogens with zero attached hydrogens (tertiary/aromatic N) is 3. The van der Waals surface area contributed by atoms with Gasteiger partial charge in [0, 0.05) is 31.2 Å². The van der Waals surface area contributed by atoms with Gasteiger partial charge in [-0.25, -0.2) is 14.6 Å². The maximum atomic E-state index is 13.0. The highest BCUT2D eigenvalue weighted by atomic mass is 35.5. The van der Waals surface area contributed by atoms with Gasteiger partial charge in [0.1, 0.15) is 11.7 Å². The lowest BCUT2D eigenvalue weighted by Crippen LogP contribution is -2.51. The highest BCUT2D eigenvalue weighted by molar-refractivity contribution is 6.31. The van der Waals surface area contributed by atoms with E-state index in [1.165, 1.54) is 13.2 Å². The van der Waals surface area contributed by atoms with Crippen LogP contribution in [0.1, 0.15) is 45.1 Å². The van der Waals surface area contributed by atoms with E-state index in [1.54, 1.807) is 43.0 Å². The third-order valence-corrected chi connectivity index (χ3v) is 5.74. The Hall–Kier alpha value is -2.97. The molecule has 1 atom stereocenters. The lowest BCUT2D eigenvalue weighted by molar-refractivity contribution is -0.148. The van der Waals surface area contributed by atoms with E-state index in [4.69, 9.17) is 21.1 Å². The predicted octanol–water partition coefficient (Wildman–Crippen LogP) is 2.89. The molecule has 9 heteroatoms. The summed E-state index contributed by atoms with van der Waals surface area (Å²) in [5.74, 6) is -1.08. The highest BCUT2D eigenvalue weighted by Gasteiger charge is 2.34. The standard InChI is InChI=1S/C23H26ClN3O5/c1-4-32-22(29)16-9-10-19(25-15(16)2)21(28)27-13-11-26(12-14-27)20(23(30)31-3)17-7-5-6-8-18(17)24/h5-10,20H,4,11-14H2,1-3H3. The maximum absolute atomic E-state index is 13.0. The van der Waals surface area contributed by atoms with Crippen LogP contribution in [0, 0.1) is 6.92 Å². The molecule has 2 heterocycles. The average molecular weight is 460 g/mol. The molecule has 0 radical (unpaired) electrons. The molecule has 1 aliphatic rings. The Labute approximate surface area is 192 Å². The van der Waals surface area contributed by atoms with Gasteiger partial charge in [-0.1, -0.05) is 29.8 Å². The first-order valence-corrected chi connectivity index (χ1v) is 10.8. The fourth-order valence-corrected chi connectivity index (χ4v) is 3.97. The van der Waals surface area contributed by atoms with Crippen LogP contribution in [0.4, 0.5) is 0 Å². The van der Waals surface area contributed by atoms with Crippen LogP contribution in [0.3, 0.4) is 0 Å². The number of carbonyl (C=O) groups is 3. The van der Waals surface area contributed by atoms with Gasteiger partial charge in [-0.05, 0) is 37.6 Å². The number of benzene rings is 1. The summed E-state index contributed by atoms with van der Waals surface area (Å²) in [6.45, 7) is 5.44. The number of ether oxygens (including phenoxy) is 2. The number of carbonyl (C=O) groups excluding carboxylic acids is 3. The zero-order valence-corrected chi connectivity index (χ0v) is 19.1. The van der Waals surface area contributed by atoms with Crippen molar-refractivity contribution in [2.24, 2.45) is 0 Å². The second kappa shape index (κ2) is 10.6. The number of aromatic nitrogens is 1. The van der Waals surface area contributed by atoms with Gasteiger partial charge >= 0.3 is 11.9 Å². The van der Waals surface area contributed by atoms with Crippen molar-refractivity contribution in [3.05, 3.63) is 63.9 Å². The Morgan fingerprint density at radius 3 is 2.38 bits per heavy atom. The zero-order valence-electron chi connectivity index (χ0n) is 18.3. The molecule has 1 aromatic carbocycles. The number of halogens is 1. The highest BCUT2D eigenvalue weighted by Crippen LogP contribution is 2.29. The molecule has 1 aliphatic heterocycles. The number of aryl methyl sites for hydroxylation is 1. The van der Waals surface area contributed by atoms with Crippen LogP contribution in [0.5, 0.6) is 0 Å². The number of esters is 2. The molecule has 1 fully saturated rings.